The van der Waals surface area contributed by atoms with E-state index in [4.69, 9.17) is 20.6 Å². The van der Waals surface area contributed by atoms with Crippen LogP contribution in [0.15, 0.2) is 23.1 Å². The van der Waals surface area contributed by atoms with Crippen LogP contribution in [0.5, 0.6) is 11.5 Å². The molecule has 0 aromatic heterocycles. The Morgan fingerprint density at radius 2 is 1.73 bits per heavy atom. The van der Waals surface area contributed by atoms with E-state index in [1.165, 1.54) is 16.4 Å². The van der Waals surface area contributed by atoms with Crippen molar-refractivity contribution in [1.29, 1.82) is 5.41 Å². The molecule has 22 heavy (non-hydrogen) atoms. The molecule has 0 radical (unpaired) electrons. The molecular weight excluding hydrogens is 308 g/mol. The molecule has 2 aliphatic rings. The summed E-state index contributed by atoms with van der Waals surface area (Å²) in [5.41, 5.74) is 5.42. The molecule has 2 heterocycles. The summed E-state index contributed by atoms with van der Waals surface area (Å²) >= 11 is 0. The summed E-state index contributed by atoms with van der Waals surface area (Å²) in [4.78, 5) is 1.84. The number of nitrogens with one attached hydrogen (secondary N) is 1. The van der Waals surface area contributed by atoms with Crippen LogP contribution in [-0.4, -0.2) is 63.0 Å². The molecule has 1 fully saturated rings. The number of hydrogen-bond acceptors (Lipinski definition) is 5. The Kier molecular flexibility index (Phi) is 3.83. The molecule has 3 rings (SSSR count). The third-order valence-corrected chi connectivity index (χ3v) is 5.63. The molecule has 8 nitrogen and oxygen atoms in total. The Labute approximate surface area is 129 Å². The second kappa shape index (κ2) is 5.65. The zero-order valence-electron chi connectivity index (χ0n) is 12.0. The zero-order valence-corrected chi connectivity index (χ0v) is 12.8. The first-order chi connectivity index (χ1) is 10.5. The number of guanidine groups is 1. The number of benzene rings is 1. The Bertz CT molecular complexity index is 683. The van der Waals surface area contributed by atoms with Gasteiger partial charge in [-0.3, -0.25) is 5.41 Å². The number of nitrogens with two attached hydrogens (primary N) is 1. The summed E-state index contributed by atoms with van der Waals surface area (Å²) in [6.07, 6.45) is 0. The third kappa shape index (κ3) is 2.69. The summed E-state index contributed by atoms with van der Waals surface area (Å²) in [7, 11) is -3.58. The lowest BCUT2D eigenvalue weighted by Crippen LogP contribution is -2.52. The topological polar surface area (TPSA) is 109 Å². The maximum atomic E-state index is 12.7. The molecule has 0 spiro atoms. The van der Waals surface area contributed by atoms with Gasteiger partial charge in [-0.15, -0.1) is 0 Å². The van der Waals surface area contributed by atoms with Crippen LogP contribution >= 0.6 is 0 Å². The van der Waals surface area contributed by atoms with E-state index in [0.29, 0.717) is 50.9 Å². The van der Waals surface area contributed by atoms with E-state index in [2.05, 4.69) is 0 Å². The van der Waals surface area contributed by atoms with Gasteiger partial charge in [0.15, 0.2) is 17.5 Å². The fourth-order valence-corrected chi connectivity index (χ4v) is 3.94. The predicted octanol–water partition coefficient (Wildman–Crippen LogP) is -0.342. The Morgan fingerprint density at radius 3 is 2.36 bits per heavy atom. The molecule has 0 aliphatic carbocycles. The predicted molar refractivity (Wildman–Crippen MR) is 79.7 cm³/mol. The van der Waals surface area contributed by atoms with Gasteiger partial charge < -0.3 is 20.1 Å². The Balaban J connectivity index is 1.80. The van der Waals surface area contributed by atoms with E-state index in [9.17, 15) is 8.42 Å². The van der Waals surface area contributed by atoms with Gasteiger partial charge in [-0.25, -0.2) is 8.42 Å². The second-order valence-corrected chi connectivity index (χ2v) is 7.02. The van der Waals surface area contributed by atoms with E-state index < -0.39 is 10.0 Å². The fourth-order valence-electron chi connectivity index (χ4n) is 2.50. The van der Waals surface area contributed by atoms with Crippen LogP contribution in [0.25, 0.3) is 0 Å². The maximum absolute atomic E-state index is 12.7. The van der Waals surface area contributed by atoms with E-state index in [1.807, 2.05) is 0 Å². The van der Waals surface area contributed by atoms with Crippen LogP contribution in [0.3, 0.4) is 0 Å². The summed E-state index contributed by atoms with van der Waals surface area (Å²) in [6.45, 7) is 2.31. The van der Waals surface area contributed by atoms with Crippen molar-refractivity contribution in [2.75, 3.05) is 39.4 Å². The highest BCUT2D eigenvalue weighted by Gasteiger charge is 2.30. The number of ether oxygens (including phenoxy) is 2. The number of piperazine rings is 1. The van der Waals surface area contributed by atoms with Gasteiger partial charge in [0.05, 0.1) is 4.90 Å². The fraction of sp³-hybridized carbons (Fsp3) is 0.462. The molecule has 1 aromatic carbocycles. The number of sulfonamides is 1. The third-order valence-electron chi connectivity index (χ3n) is 3.73. The van der Waals surface area contributed by atoms with Crippen LogP contribution in [0.4, 0.5) is 0 Å². The van der Waals surface area contributed by atoms with Gasteiger partial charge in [0.1, 0.15) is 13.2 Å². The quantitative estimate of drug-likeness (QED) is 0.568. The largest absolute Gasteiger partial charge is 0.486 e. The van der Waals surface area contributed by atoms with Crippen molar-refractivity contribution in [3.8, 4) is 11.5 Å². The minimum atomic E-state index is -3.58. The average molecular weight is 326 g/mol. The molecule has 0 bridgehead atoms. The van der Waals surface area contributed by atoms with Gasteiger partial charge in [-0.2, -0.15) is 4.31 Å². The normalized spacial score (nSPS) is 19.0. The van der Waals surface area contributed by atoms with Crippen LogP contribution in [0, 0.1) is 5.41 Å². The van der Waals surface area contributed by atoms with Crippen LogP contribution in [-0.2, 0) is 10.0 Å². The highest BCUT2D eigenvalue weighted by molar-refractivity contribution is 7.89. The highest BCUT2D eigenvalue weighted by Crippen LogP contribution is 2.33. The van der Waals surface area contributed by atoms with E-state index >= 15 is 0 Å². The number of rotatable bonds is 2. The number of hydrogen-bond donors (Lipinski definition) is 2. The monoisotopic (exact) mass is 326 g/mol. The lowest BCUT2D eigenvalue weighted by atomic mass is 10.3. The number of fused-ring (bicyclic) bond motifs is 1. The van der Waals surface area contributed by atoms with Crippen molar-refractivity contribution < 1.29 is 17.9 Å². The van der Waals surface area contributed by atoms with Crippen molar-refractivity contribution >= 4 is 16.0 Å². The van der Waals surface area contributed by atoms with E-state index in [1.54, 1.807) is 11.0 Å². The summed E-state index contributed by atoms with van der Waals surface area (Å²) < 4.78 is 37.6. The van der Waals surface area contributed by atoms with Crippen molar-refractivity contribution in [1.82, 2.24) is 9.21 Å². The van der Waals surface area contributed by atoms with E-state index in [0.717, 1.165) is 0 Å². The summed E-state index contributed by atoms with van der Waals surface area (Å²) in [6, 6.07) is 4.65. The molecular formula is C13H18N4O4S. The van der Waals surface area contributed by atoms with Crippen molar-refractivity contribution in [2.24, 2.45) is 5.73 Å². The first kappa shape index (κ1) is 14.9. The molecule has 0 unspecified atom stereocenters. The average Bonchev–Trinajstić information content (AvgIpc) is 2.54. The molecule has 1 aromatic rings. The Hall–Kier alpha value is -2.00. The smallest absolute Gasteiger partial charge is 0.243 e. The molecule has 120 valence electrons. The first-order valence-corrected chi connectivity index (χ1v) is 8.41. The molecule has 2 aliphatic heterocycles. The molecule has 0 saturated carbocycles. The van der Waals surface area contributed by atoms with E-state index in [-0.39, 0.29) is 10.9 Å². The molecule has 3 N–H and O–H groups in total. The van der Waals surface area contributed by atoms with Gasteiger partial charge in [-0.1, -0.05) is 0 Å². The van der Waals surface area contributed by atoms with Gasteiger partial charge in [0, 0.05) is 32.2 Å². The van der Waals surface area contributed by atoms with Gasteiger partial charge in [0.2, 0.25) is 10.0 Å². The highest BCUT2D eigenvalue weighted by atomic mass is 32.2. The molecule has 0 atom stereocenters. The first-order valence-electron chi connectivity index (χ1n) is 6.97. The lowest BCUT2D eigenvalue weighted by molar-refractivity contribution is 0.171. The molecule has 9 heteroatoms. The maximum Gasteiger partial charge on any atom is 0.243 e. The van der Waals surface area contributed by atoms with Crippen molar-refractivity contribution in [3.05, 3.63) is 18.2 Å². The summed E-state index contributed by atoms with van der Waals surface area (Å²) in [5, 5.41) is 7.38. The van der Waals surface area contributed by atoms with Gasteiger partial charge >= 0.3 is 0 Å². The molecule has 1 saturated heterocycles. The standard InChI is InChI=1S/C13H18N4O4S/c14-13(15)16-3-5-17(6-4-16)22(18,19)10-1-2-11-12(9-10)21-8-7-20-11/h1-2,9H,3-8H2,(H3,14,15). The van der Waals surface area contributed by atoms with Crippen LogP contribution in [0.1, 0.15) is 0 Å². The van der Waals surface area contributed by atoms with Crippen molar-refractivity contribution in [3.63, 3.8) is 0 Å². The van der Waals surface area contributed by atoms with Gasteiger partial charge in [-0.05, 0) is 12.1 Å². The van der Waals surface area contributed by atoms with Crippen LogP contribution in [0.2, 0.25) is 0 Å². The Morgan fingerprint density at radius 1 is 1.09 bits per heavy atom. The van der Waals surface area contributed by atoms with Crippen LogP contribution < -0.4 is 15.2 Å². The summed E-state index contributed by atoms with van der Waals surface area (Å²) in [5.74, 6) is 0.984. The SMILES string of the molecule is N=C(N)N1CCN(S(=O)(=O)c2ccc3c(c2)OCCO3)CC1. The number of nitrogens with zero attached hydrogens (tertiary/aromatic N) is 2. The minimum Gasteiger partial charge on any atom is -0.486 e. The zero-order chi connectivity index (χ0) is 15.7. The van der Waals surface area contributed by atoms with Gasteiger partial charge in [0.25, 0.3) is 0 Å². The van der Waals surface area contributed by atoms with Crippen molar-refractivity contribution in [2.45, 2.75) is 4.90 Å². The lowest BCUT2D eigenvalue weighted by Gasteiger charge is -2.34. The second-order valence-electron chi connectivity index (χ2n) is 5.08. The minimum absolute atomic E-state index is 0.0311. The molecule has 0 amide bonds.